The number of carbonyl (C=O) groups excluding carboxylic acids is 2. The van der Waals surface area contributed by atoms with Gasteiger partial charge in [-0.3, -0.25) is 29.9 Å². The average Bonchev–Trinajstić information content (AvgIpc) is 3.21. The summed E-state index contributed by atoms with van der Waals surface area (Å²) in [5.41, 5.74) is 1.35. The number of hydrogen-bond acceptors (Lipinski definition) is 6. The molecule has 0 aliphatic carbocycles. The molecule has 4 rings (SSSR count). The van der Waals surface area contributed by atoms with Crippen molar-refractivity contribution in [3.8, 4) is 11.3 Å². The highest BCUT2D eigenvalue weighted by molar-refractivity contribution is 7.80. The summed E-state index contributed by atoms with van der Waals surface area (Å²) in [6.45, 7) is 1.83. The van der Waals surface area contributed by atoms with E-state index in [1.54, 1.807) is 18.2 Å². The number of rotatable bonds is 4. The van der Waals surface area contributed by atoms with Gasteiger partial charge in [-0.15, -0.1) is 0 Å². The Morgan fingerprint density at radius 1 is 1.16 bits per heavy atom. The van der Waals surface area contributed by atoms with Crippen molar-refractivity contribution in [2.45, 2.75) is 6.92 Å². The Morgan fingerprint density at radius 2 is 1.91 bits per heavy atom. The number of halogens is 1. The molecule has 1 aliphatic heterocycles. The Kier molecular flexibility index (Phi) is 5.60. The monoisotopic (exact) mass is 467 g/mol. The molecule has 3 aromatic rings. The van der Waals surface area contributed by atoms with Crippen LogP contribution in [0.25, 0.3) is 17.4 Å². The van der Waals surface area contributed by atoms with Crippen molar-refractivity contribution >= 4 is 58.2 Å². The highest BCUT2D eigenvalue weighted by Crippen LogP contribution is 2.33. The summed E-state index contributed by atoms with van der Waals surface area (Å²) >= 11 is 11.4. The third-order valence-corrected chi connectivity index (χ3v) is 5.41. The number of carbonyl (C=O) groups is 2. The molecule has 2 amide bonds. The van der Waals surface area contributed by atoms with E-state index in [9.17, 15) is 19.7 Å². The van der Waals surface area contributed by atoms with Gasteiger partial charge >= 0.3 is 0 Å². The summed E-state index contributed by atoms with van der Waals surface area (Å²) < 4.78 is 5.71. The maximum atomic E-state index is 13.1. The lowest BCUT2D eigenvalue weighted by Crippen LogP contribution is -2.54. The molecule has 0 atom stereocenters. The number of nitrogens with one attached hydrogen (secondary N) is 1. The van der Waals surface area contributed by atoms with Crippen LogP contribution < -0.4 is 10.2 Å². The summed E-state index contributed by atoms with van der Waals surface area (Å²) in [5, 5.41) is 13.8. The van der Waals surface area contributed by atoms with Gasteiger partial charge in [-0.25, -0.2) is 0 Å². The lowest BCUT2D eigenvalue weighted by molar-refractivity contribution is -0.384. The molecule has 0 spiro atoms. The molecular formula is C22H14ClN3O5S. The number of para-hydroxylation sites is 1. The number of non-ortho nitro benzene ring substituents is 1. The number of hydrogen-bond donors (Lipinski definition) is 1. The Labute approximate surface area is 192 Å². The fourth-order valence-corrected chi connectivity index (χ4v) is 3.71. The third kappa shape index (κ3) is 3.91. The van der Waals surface area contributed by atoms with E-state index in [4.69, 9.17) is 28.2 Å². The van der Waals surface area contributed by atoms with Gasteiger partial charge in [0.2, 0.25) is 0 Å². The number of nitro groups is 1. The first-order chi connectivity index (χ1) is 15.3. The molecule has 1 saturated heterocycles. The van der Waals surface area contributed by atoms with Crippen molar-refractivity contribution < 1.29 is 18.9 Å². The van der Waals surface area contributed by atoms with E-state index in [1.165, 1.54) is 35.2 Å². The molecule has 160 valence electrons. The number of furan rings is 1. The molecule has 2 heterocycles. The van der Waals surface area contributed by atoms with Gasteiger partial charge in [0.15, 0.2) is 5.11 Å². The van der Waals surface area contributed by atoms with E-state index in [2.05, 4.69) is 5.32 Å². The highest BCUT2D eigenvalue weighted by atomic mass is 35.5. The molecule has 1 N–H and O–H groups in total. The fourth-order valence-electron chi connectivity index (χ4n) is 3.22. The summed E-state index contributed by atoms with van der Waals surface area (Å²) in [6.07, 6.45) is 1.29. The molecular weight excluding hydrogens is 454 g/mol. The predicted octanol–water partition coefficient (Wildman–Crippen LogP) is 4.65. The van der Waals surface area contributed by atoms with Gasteiger partial charge < -0.3 is 4.42 Å². The first kappa shape index (κ1) is 21.4. The Balaban J connectivity index is 1.71. The Bertz CT molecular complexity index is 1330. The van der Waals surface area contributed by atoms with Crippen LogP contribution in [-0.2, 0) is 9.59 Å². The van der Waals surface area contributed by atoms with Gasteiger partial charge in [-0.05, 0) is 55.0 Å². The van der Waals surface area contributed by atoms with Gasteiger partial charge in [0.25, 0.3) is 17.5 Å². The second-order valence-corrected chi connectivity index (χ2v) is 7.66. The fraction of sp³-hybridized carbons (Fsp3) is 0.0455. The van der Waals surface area contributed by atoms with Crippen LogP contribution in [0.3, 0.4) is 0 Å². The summed E-state index contributed by atoms with van der Waals surface area (Å²) in [7, 11) is 0. The van der Waals surface area contributed by atoms with E-state index < -0.39 is 16.7 Å². The van der Waals surface area contributed by atoms with E-state index in [0.29, 0.717) is 11.3 Å². The quantitative estimate of drug-likeness (QED) is 0.197. The number of amides is 2. The SMILES string of the molecule is Cc1ccccc1N1C(=O)/C(=C/c2ccc(-c3cc([N+](=O)[O-])ccc3Cl)o2)C(=O)NC1=S. The minimum Gasteiger partial charge on any atom is -0.457 e. The van der Waals surface area contributed by atoms with E-state index in [1.807, 2.05) is 19.1 Å². The standard InChI is InChI=1S/C22H14ClN3O5S/c1-12-4-2-3-5-18(12)25-21(28)16(20(27)24-22(25)32)11-14-7-9-19(31-14)15-10-13(26(29)30)6-8-17(15)23/h2-11H,1H3,(H,24,27,32)/b16-11+. The molecule has 1 fully saturated rings. The third-order valence-electron chi connectivity index (χ3n) is 4.80. The van der Waals surface area contributed by atoms with Crippen molar-refractivity contribution in [1.29, 1.82) is 0 Å². The normalized spacial score (nSPS) is 15.2. The number of benzene rings is 2. The summed E-state index contributed by atoms with van der Waals surface area (Å²) in [5.74, 6) is -0.810. The summed E-state index contributed by atoms with van der Waals surface area (Å²) in [4.78, 5) is 37.4. The van der Waals surface area contributed by atoms with Crippen LogP contribution >= 0.6 is 23.8 Å². The summed E-state index contributed by atoms with van der Waals surface area (Å²) in [6, 6.07) is 14.2. The van der Waals surface area contributed by atoms with E-state index in [0.717, 1.165) is 5.56 Å². The molecule has 0 unspecified atom stereocenters. The molecule has 2 aromatic carbocycles. The van der Waals surface area contributed by atoms with Gasteiger partial charge in [-0.2, -0.15) is 0 Å². The highest BCUT2D eigenvalue weighted by Gasteiger charge is 2.35. The maximum Gasteiger partial charge on any atom is 0.270 e. The number of nitro benzene ring substituents is 1. The van der Waals surface area contributed by atoms with Crippen molar-refractivity contribution in [3.05, 3.63) is 86.6 Å². The molecule has 1 aromatic heterocycles. The molecule has 0 bridgehead atoms. The second kappa shape index (κ2) is 8.37. The maximum absolute atomic E-state index is 13.1. The van der Waals surface area contributed by atoms with Gasteiger partial charge in [0, 0.05) is 17.7 Å². The van der Waals surface area contributed by atoms with Gasteiger partial charge in [0.1, 0.15) is 17.1 Å². The first-order valence-electron chi connectivity index (χ1n) is 9.27. The lowest BCUT2D eigenvalue weighted by Gasteiger charge is -2.29. The average molecular weight is 468 g/mol. The zero-order chi connectivity index (χ0) is 23.0. The zero-order valence-electron chi connectivity index (χ0n) is 16.5. The Morgan fingerprint density at radius 3 is 2.62 bits per heavy atom. The van der Waals surface area contributed by atoms with Crippen LogP contribution in [0.5, 0.6) is 0 Å². The molecule has 0 saturated carbocycles. The largest absolute Gasteiger partial charge is 0.457 e. The molecule has 1 aliphatic rings. The van der Waals surface area contributed by atoms with Gasteiger partial charge in [-0.1, -0.05) is 29.8 Å². The smallest absolute Gasteiger partial charge is 0.270 e. The molecule has 32 heavy (non-hydrogen) atoms. The molecule has 8 nitrogen and oxygen atoms in total. The van der Waals surface area contributed by atoms with Crippen LogP contribution in [0.4, 0.5) is 11.4 Å². The van der Waals surface area contributed by atoms with Crippen molar-refractivity contribution in [3.63, 3.8) is 0 Å². The van der Waals surface area contributed by atoms with Gasteiger partial charge in [0.05, 0.1) is 15.6 Å². The van der Waals surface area contributed by atoms with E-state index in [-0.39, 0.29) is 32.9 Å². The lowest BCUT2D eigenvalue weighted by atomic mass is 10.1. The number of aryl methyl sites for hydroxylation is 1. The topological polar surface area (TPSA) is 106 Å². The van der Waals surface area contributed by atoms with E-state index >= 15 is 0 Å². The van der Waals surface area contributed by atoms with Crippen molar-refractivity contribution in [2.75, 3.05) is 4.90 Å². The van der Waals surface area contributed by atoms with Crippen LogP contribution in [0.15, 0.2) is 64.6 Å². The minimum absolute atomic E-state index is 0.0186. The Hall–Kier alpha value is -3.82. The van der Waals surface area contributed by atoms with Crippen molar-refractivity contribution in [1.82, 2.24) is 5.32 Å². The van der Waals surface area contributed by atoms with Crippen molar-refractivity contribution in [2.24, 2.45) is 0 Å². The number of anilines is 1. The molecule has 10 heteroatoms. The minimum atomic E-state index is -0.656. The number of nitrogens with zero attached hydrogens (tertiary/aromatic N) is 2. The molecule has 0 radical (unpaired) electrons. The van der Waals surface area contributed by atoms with Crippen LogP contribution in [0.2, 0.25) is 5.02 Å². The zero-order valence-corrected chi connectivity index (χ0v) is 18.1. The van der Waals surface area contributed by atoms with Crippen LogP contribution in [-0.4, -0.2) is 21.9 Å². The first-order valence-corrected chi connectivity index (χ1v) is 10.1. The van der Waals surface area contributed by atoms with Crippen LogP contribution in [0.1, 0.15) is 11.3 Å². The van der Waals surface area contributed by atoms with Crippen LogP contribution in [0, 0.1) is 17.0 Å². The predicted molar refractivity (Wildman–Crippen MR) is 123 cm³/mol. The number of thiocarbonyl (C=S) groups is 1. The second-order valence-electron chi connectivity index (χ2n) is 6.87.